The van der Waals surface area contributed by atoms with Crippen LogP contribution in [0.5, 0.6) is 5.88 Å². The van der Waals surface area contributed by atoms with Gasteiger partial charge in [0.25, 0.3) is 0 Å². The number of nitrogens with zero attached hydrogens (tertiary/aromatic N) is 4. The van der Waals surface area contributed by atoms with Crippen molar-refractivity contribution < 1.29 is 9.53 Å². The minimum atomic E-state index is -0.0456. The fourth-order valence-corrected chi connectivity index (χ4v) is 3.07. The van der Waals surface area contributed by atoms with E-state index in [2.05, 4.69) is 9.97 Å². The highest BCUT2D eigenvalue weighted by molar-refractivity contribution is 7.10. The van der Waals surface area contributed by atoms with Crippen molar-refractivity contribution in [2.45, 2.75) is 12.5 Å². The molecule has 0 spiro atoms. The molecule has 3 heterocycles. The highest BCUT2D eigenvalue weighted by Crippen LogP contribution is 2.19. The number of thiophene rings is 1. The second-order valence-electron chi connectivity index (χ2n) is 5.77. The lowest BCUT2D eigenvalue weighted by Crippen LogP contribution is -2.29. The maximum absolute atomic E-state index is 12.2. The van der Waals surface area contributed by atoms with Crippen molar-refractivity contribution in [1.29, 1.82) is 0 Å². The molecule has 0 aliphatic carbocycles. The Morgan fingerprint density at radius 2 is 2.33 bits per heavy atom. The van der Waals surface area contributed by atoms with Gasteiger partial charge in [-0.1, -0.05) is 6.07 Å². The molecule has 2 aromatic rings. The number of carbonyl (C=O) groups is 1. The molecule has 1 aliphatic rings. The Bertz CT molecular complexity index is 715. The Balaban J connectivity index is 1.55. The number of hydrogen-bond donors (Lipinski definition) is 0. The van der Waals surface area contributed by atoms with E-state index in [9.17, 15) is 4.79 Å². The molecule has 0 saturated carbocycles. The molecule has 1 fully saturated rings. The molecule has 7 heteroatoms. The van der Waals surface area contributed by atoms with Gasteiger partial charge in [-0.25, -0.2) is 0 Å². The van der Waals surface area contributed by atoms with Crippen LogP contribution in [0.3, 0.4) is 0 Å². The monoisotopic (exact) mass is 344 g/mol. The fraction of sp³-hybridized carbons (Fsp3) is 0.353. The fourth-order valence-electron chi connectivity index (χ4n) is 2.45. The molecule has 1 atom stereocenters. The third-order valence-corrected chi connectivity index (χ3v) is 4.57. The molecule has 6 nitrogen and oxygen atoms in total. The molecule has 1 aliphatic heterocycles. The standard InChI is InChI=1S/C17H20N4O2S/c1-20(2)15-10-18-11-16(19-15)23-13-7-8-21(12-13)17(22)6-5-14-4-3-9-24-14/h3-6,9-11,13H,7-8,12H2,1-2H3/b6-5+/t13-/m0/s1. The zero-order valence-electron chi connectivity index (χ0n) is 13.8. The van der Waals surface area contributed by atoms with Crippen LogP contribution in [-0.4, -0.2) is 54.1 Å². The SMILES string of the molecule is CN(C)c1cncc(O[C@H]2CCN(C(=O)/C=C/c3cccs3)C2)n1. The first-order chi connectivity index (χ1) is 11.6. The number of ether oxygens (including phenoxy) is 1. The lowest BCUT2D eigenvalue weighted by molar-refractivity contribution is -0.125. The van der Waals surface area contributed by atoms with Crippen molar-refractivity contribution >= 4 is 29.1 Å². The van der Waals surface area contributed by atoms with Crippen LogP contribution in [0.15, 0.2) is 36.0 Å². The first kappa shape index (κ1) is 16.4. The summed E-state index contributed by atoms with van der Waals surface area (Å²) >= 11 is 1.61. The van der Waals surface area contributed by atoms with Gasteiger partial charge in [-0.15, -0.1) is 11.3 Å². The van der Waals surface area contributed by atoms with Gasteiger partial charge in [0.05, 0.1) is 18.9 Å². The van der Waals surface area contributed by atoms with Crippen molar-refractivity contribution in [3.8, 4) is 5.88 Å². The van der Waals surface area contributed by atoms with E-state index in [4.69, 9.17) is 4.74 Å². The second-order valence-corrected chi connectivity index (χ2v) is 6.75. The second kappa shape index (κ2) is 7.44. The lowest BCUT2D eigenvalue weighted by atomic mass is 10.3. The molecule has 0 radical (unpaired) electrons. The minimum absolute atomic E-state index is 0.0163. The largest absolute Gasteiger partial charge is 0.471 e. The highest BCUT2D eigenvalue weighted by Gasteiger charge is 2.27. The molecule has 2 aromatic heterocycles. The summed E-state index contributed by atoms with van der Waals surface area (Å²) < 4.78 is 5.88. The van der Waals surface area contributed by atoms with Gasteiger partial charge >= 0.3 is 0 Å². The third kappa shape index (κ3) is 4.11. The summed E-state index contributed by atoms with van der Waals surface area (Å²) in [4.78, 5) is 25.5. The van der Waals surface area contributed by atoms with Crippen LogP contribution < -0.4 is 9.64 Å². The Morgan fingerprint density at radius 3 is 3.08 bits per heavy atom. The number of carbonyl (C=O) groups excluding carboxylic acids is 1. The van der Waals surface area contributed by atoms with Crippen molar-refractivity contribution in [3.63, 3.8) is 0 Å². The molecule has 24 heavy (non-hydrogen) atoms. The van der Waals surface area contributed by atoms with Gasteiger partial charge in [-0.2, -0.15) is 4.98 Å². The minimum Gasteiger partial charge on any atom is -0.471 e. The molecule has 0 bridgehead atoms. The van der Waals surface area contributed by atoms with E-state index in [0.717, 1.165) is 17.1 Å². The molecule has 0 aromatic carbocycles. The summed E-state index contributed by atoms with van der Waals surface area (Å²) in [6, 6.07) is 3.96. The summed E-state index contributed by atoms with van der Waals surface area (Å²) in [5.41, 5.74) is 0. The number of amides is 1. The number of aromatic nitrogens is 2. The zero-order chi connectivity index (χ0) is 16.9. The van der Waals surface area contributed by atoms with Crippen LogP contribution in [0.1, 0.15) is 11.3 Å². The van der Waals surface area contributed by atoms with Gasteiger partial charge in [0, 0.05) is 38.0 Å². The third-order valence-electron chi connectivity index (χ3n) is 3.74. The van der Waals surface area contributed by atoms with Gasteiger partial charge < -0.3 is 14.5 Å². The summed E-state index contributed by atoms with van der Waals surface area (Å²) in [6.45, 7) is 1.26. The van der Waals surface area contributed by atoms with Crippen molar-refractivity contribution in [1.82, 2.24) is 14.9 Å². The van der Waals surface area contributed by atoms with E-state index >= 15 is 0 Å². The molecule has 1 saturated heterocycles. The van der Waals surface area contributed by atoms with E-state index in [1.807, 2.05) is 42.6 Å². The summed E-state index contributed by atoms with van der Waals surface area (Å²) in [7, 11) is 3.81. The molecule has 1 amide bonds. The van der Waals surface area contributed by atoms with E-state index in [1.165, 1.54) is 0 Å². The van der Waals surface area contributed by atoms with Gasteiger partial charge in [-0.05, 0) is 17.5 Å². The lowest BCUT2D eigenvalue weighted by Gasteiger charge is -2.16. The quantitative estimate of drug-likeness (QED) is 0.779. The maximum atomic E-state index is 12.2. The van der Waals surface area contributed by atoms with Crippen LogP contribution in [0.2, 0.25) is 0 Å². The Morgan fingerprint density at radius 1 is 1.46 bits per heavy atom. The van der Waals surface area contributed by atoms with Gasteiger partial charge in [0.15, 0.2) is 5.82 Å². The average Bonchev–Trinajstić information content (AvgIpc) is 3.24. The van der Waals surface area contributed by atoms with E-state index < -0.39 is 0 Å². The smallest absolute Gasteiger partial charge is 0.246 e. The average molecular weight is 344 g/mol. The maximum Gasteiger partial charge on any atom is 0.246 e. The first-order valence-corrected chi connectivity index (χ1v) is 8.66. The zero-order valence-corrected chi connectivity index (χ0v) is 14.6. The van der Waals surface area contributed by atoms with Crippen LogP contribution >= 0.6 is 11.3 Å². The molecule has 126 valence electrons. The highest BCUT2D eigenvalue weighted by atomic mass is 32.1. The van der Waals surface area contributed by atoms with Crippen LogP contribution in [0.4, 0.5) is 5.82 Å². The number of likely N-dealkylation sites (tertiary alicyclic amines) is 1. The molecular weight excluding hydrogens is 324 g/mol. The Hall–Kier alpha value is -2.41. The van der Waals surface area contributed by atoms with E-state index in [0.29, 0.717) is 19.0 Å². The van der Waals surface area contributed by atoms with Gasteiger partial charge in [0.2, 0.25) is 11.8 Å². The predicted molar refractivity (Wildman–Crippen MR) is 95.3 cm³/mol. The van der Waals surface area contributed by atoms with Crippen LogP contribution in [0.25, 0.3) is 6.08 Å². The number of hydrogen-bond acceptors (Lipinski definition) is 6. The topological polar surface area (TPSA) is 58.6 Å². The van der Waals surface area contributed by atoms with Crippen molar-refractivity contribution in [2.24, 2.45) is 0 Å². The molecule has 0 unspecified atom stereocenters. The first-order valence-electron chi connectivity index (χ1n) is 7.78. The summed E-state index contributed by atoms with van der Waals surface area (Å²) in [5, 5.41) is 1.99. The number of rotatable bonds is 5. The van der Waals surface area contributed by atoms with E-state index in [-0.39, 0.29) is 12.0 Å². The number of anilines is 1. The Kier molecular flexibility index (Phi) is 5.10. The van der Waals surface area contributed by atoms with Gasteiger partial charge in [-0.3, -0.25) is 9.78 Å². The van der Waals surface area contributed by atoms with Crippen LogP contribution in [-0.2, 0) is 4.79 Å². The molecule has 0 N–H and O–H groups in total. The summed E-state index contributed by atoms with van der Waals surface area (Å²) in [5.74, 6) is 1.26. The molecule has 3 rings (SSSR count). The van der Waals surface area contributed by atoms with Crippen molar-refractivity contribution in [3.05, 3.63) is 40.9 Å². The predicted octanol–water partition coefficient (Wildman–Crippen LogP) is 2.30. The summed E-state index contributed by atoms with van der Waals surface area (Å²) in [6.07, 6.45) is 7.53. The van der Waals surface area contributed by atoms with Crippen LogP contribution in [0, 0.1) is 0 Å². The molecular formula is C17H20N4O2S. The Labute approximate surface area is 145 Å². The van der Waals surface area contributed by atoms with Gasteiger partial charge in [0.1, 0.15) is 6.10 Å². The van der Waals surface area contributed by atoms with Crippen molar-refractivity contribution in [2.75, 3.05) is 32.1 Å². The normalized spacial score (nSPS) is 17.4. The van der Waals surface area contributed by atoms with E-state index in [1.54, 1.807) is 34.7 Å².